The number of pyridine rings is 2. The molecule has 0 N–H and O–H groups in total. The van der Waals surface area contributed by atoms with Gasteiger partial charge in [0.15, 0.2) is 15.5 Å². The van der Waals surface area contributed by atoms with E-state index in [0.29, 0.717) is 5.69 Å². The molecule has 0 bridgehead atoms. The van der Waals surface area contributed by atoms with Crippen LogP contribution < -0.4 is 0 Å². The second-order valence-corrected chi connectivity index (χ2v) is 8.16. The van der Waals surface area contributed by atoms with Crippen molar-refractivity contribution in [1.82, 2.24) is 34.6 Å². The summed E-state index contributed by atoms with van der Waals surface area (Å²) < 4.78 is 64.9. The van der Waals surface area contributed by atoms with Crippen LogP contribution in [0.3, 0.4) is 0 Å². The van der Waals surface area contributed by atoms with Gasteiger partial charge in [-0.15, -0.1) is 5.10 Å². The van der Waals surface area contributed by atoms with Crippen LogP contribution >= 0.6 is 0 Å². The lowest BCUT2D eigenvalue weighted by atomic mass is 10.3. The van der Waals surface area contributed by atoms with Crippen molar-refractivity contribution >= 4 is 15.5 Å². The van der Waals surface area contributed by atoms with Crippen LogP contribution in [0.1, 0.15) is 12.5 Å². The Bertz CT molecular complexity index is 1300. The highest BCUT2D eigenvalue weighted by Crippen LogP contribution is 2.30. The molecule has 0 radical (unpaired) electrons. The Morgan fingerprint density at radius 3 is 2.52 bits per heavy atom. The molecule has 13 heteroatoms. The van der Waals surface area contributed by atoms with Crippen molar-refractivity contribution in [2.45, 2.75) is 18.0 Å². The zero-order valence-electron chi connectivity index (χ0n) is 14.7. The summed E-state index contributed by atoms with van der Waals surface area (Å²) >= 11 is 0. The van der Waals surface area contributed by atoms with Crippen LogP contribution in [0.25, 0.3) is 22.9 Å². The molecule has 4 heterocycles. The van der Waals surface area contributed by atoms with Gasteiger partial charge in [-0.2, -0.15) is 28.2 Å². The highest BCUT2D eigenvalue weighted by molar-refractivity contribution is 7.91. The first-order chi connectivity index (χ1) is 13.7. The summed E-state index contributed by atoms with van der Waals surface area (Å²) in [5.41, 5.74) is -0.558. The monoisotopic (exact) mass is 423 g/mol. The molecule has 4 aromatic heterocycles. The topological polar surface area (TPSA) is 108 Å². The lowest BCUT2D eigenvalue weighted by Crippen LogP contribution is -2.10. The van der Waals surface area contributed by atoms with Gasteiger partial charge in [0.2, 0.25) is 5.82 Å². The quantitative estimate of drug-likeness (QED) is 0.495. The van der Waals surface area contributed by atoms with Crippen molar-refractivity contribution < 1.29 is 21.6 Å². The number of halogens is 3. The number of sulfone groups is 1. The maximum atomic E-state index is 12.9. The van der Waals surface area contributed by atoms with Gasteiger partial charge in [0, 0.05) is 6.20 Å². The molecule has 29 heavy (non-hydrogen) atoms. The third-order valence-corrected chi connectivity index (χ3v) is 5.81. The number of hydrogen-bond donors (Lipinski definition) is 0. The lowest BCUT2D eigenvalue weighted by Gasteiger charge is -2.08. The maximum absolute atomic E-state index is 12.9. The summed E-state index contributed by atoms with van der Waals surface area (Å²) in [6, 6.07) is 3.35. The van der Waals surface area contributed by atoms with Crippen molar-refractivity contribution in [1.29, 1.82) is 0 Å². The fourth-order valence-electron chi connectivity index (χ4n) is 2.60. The average molecular weight is 423 g/mol. The van der Waals surface area contributed by atoms with E-state index in [2.05, 4.69) is 25.3 Å². The molecule has 0 aromatic carbocycles. The van der Waals surface area contributed by atoms with Gasteiger partial charge in [-0.1, -0.05) is 6.92 Å². The minimum absolute atomic E-state index is 0.0694. The van der Waals surface area contributed by atoms with Gasteiger partial charge in [-0.25, -0.2) is 22.9 Å². The fourth-order valence-corrected chi connectivity index (χ4v) is 3.65. The Morgan fingerprint density at radius 2 is 1.86 bits per heavy atom. The van der Waals surface area contributed by atoms with Crippen molar-refractivity contribution in [3.63, 3.8) is 0 Å². The number of fused-ring (bicyclic) bond motifs is 1. The molecule has 0 saturated carbocycles. The molecule has 9 nitrogen and oxygen atoms in total. The summed E-state index contributed by atoms with van der Waals surface area (Å²) in [5, 5.41) is 11.9. The van der Waals surface area contributed by atoms with E-state index in [1.165, 1.54) is 36.4 Å². The van der Waals surface area contributed by atoms with Crippen LogP contribution in [0.15, 0.2) is 47.9 Å². The van der Waals surface area contributed by atoms with Crippen molar-refractivity contribution in [2.75, 3.05) is 5.75 Å². The SMILES string of the molecule is CCS(=O)(=O)c1cc(-n2nccn2)cnc1-c1nc2ccc(C(F)(F)F)cn2n1. The van der Waals surface area contributed by atoms with Crippen LogP contribution in [0.2, 0.25) is 0 Å². The van der Waals surface area contributed by atoms with Crippen molar-refractivity contribution in [2.24, 2.45) is 0 Å². The van der Waals surface area contributed by atoms with Crippen LogP contribution in [0.5, 0.6) is 0 Å². The number of rotatable bonds is 4. The molecular formula is C16H12F3N7O2S. The Kier molecular flexibility index (Phi) is 4.33. The van der Waals surface area contributed by atoms with E-state index in [1.807, 2.05) is 0 Å². The smallest absolute Gasteiger partial charge is 0.249 e. The molecule has 0 aliphatic rings. The lowest BCUT2D eigenvalue weighted by molar-refractivity contribution is -0.137. The summed E-state index contributed by atoms with van der Waals surface area (Å²) in [4.78, 5) is 9.30. The van der Waals surface area contributed by atoms with Crippen LogP contribution in [-0.2, 0) is 16.0 Å². The standard InChI is InChI=1S/C16H12F3N7O2S/c1-2-29(27,28)12-7-11(26-21-5-6-22-26)8-20-14(12)15-23-13-4-3-10(16(17,18)19)9-25(13)24-15/h3-9H,2H2,1H3. The van der Waals surface area contributed by atoms with E-state index in [-0.39, 0.29) is 27.8 Å². The van der Waals surface area contributed by atoms with Gasteiger partial charge in [-0.05, 0) is 18.2 Å². The van der Waals surface area contributed by atoms with E-state index in [1.54, 1.807) is 0 Å². The molecule has 0 fully saturated rings. The van der Waals surface area contributed by atoms with Crippen LogP contribution in [0, 0.1) is 0 Å². The van der Waals surface area contributed by atoms with E-state index in [0.717, 1.165) is 22.8 Å². The third-order valence-electron chi connectivity index (χ3n) is 4.07. The van der Waals surface area contributed by atoms with E-state index in [4.69, 9.17) is 0 Å². The highest BCUT2D eigenvalue weighted by atomic mass is 32.2. The second-order valence-electron chi connectivity index (χ2n) is 5.92. The van der Waals surface area contributed by atoms with Gasteiger partial charge in [0.05, 0.1) is 34.8 Å². The molecule has 0 saturated heterocycles. The largest absolute Gasteiger partial charge is 0.417 e. The fraction of sp³-hybridized carbons (Fsp3) is 0.188. The van der Waals surface area contributed by atoms with Crippen LogP contribution in [0.4, 0.5) is 13.2 Å². The molecule has 0 amide bonds. The Labute approximate surface area is 161 Å². The van der Waals surface area contributed by atoms with Crippen molar-refractivity contribution in [3.8, 4) is 17.2 Å². The minimum Gasteiger partial charge on any atom is -0.249 e. The van der Waals surface area contributed by atoms with E-state index >= 15 is 0 Å². The summed E-state index contributed by atoms with van der Waals surface area (Å²) in [6.07, 6.45) is 0.403. The number of nitrogens with zero attached hydrogens (tertiary/aromatic N) is 7. The molecule has 0 unspecified atom stereocenters. The molecule has 4 rings (SSSR count). The molecule has 0 aliphatic carbocycles. The summed E-state index contributed by atoms with van der Waals surface area (Å²) in [7, 11) is -3.76. The Balaban J connectivity index is 1.90. The maximum Gasteiger partial charge on any atom is 0.417 e. The van der Waals surface area contributed by atoms with Gasteiger partial charge in [0.1, 0.15) is 11.4 Å². The van der Waals surface area contributed by atoms with Gasteiger partial charge < -0.3 is 0 Å². The predicted octanol–water partition coefficient (Wildman–Crippen LogP) is 2.18. The Morgan fingerprint density at radius 1 is 1.14 bits per heavy atom. The molecule has 0 atom stereocenters. The zero-order chi connectivity index (χ0) is 20.8. The van der Waals surface area contributed by atoms with Gasteiger partial charge in [-0.3, -0.25) is 0 Å². The number of hydrogen-bond acceptors (Lipinski definition) is 7. The van der Waals surface area contributed by atoms with Gasteiger partial charge in [0.25, 0.3) is 0 Å². The van der Waals surface area contributed by atoms with Crippen LogP contribution in [-0.4, -0.2) is 48.7 Å². The zero-order valence-corrected chi connectivity index (χ0v) is 15.6. The molecule has 4 aromatic rings. The minimum atomic E-state index is -4.55. The van der Waals surface area contributed by atoms with E-state index < -0.39 is 21.6 Å². The number of alkyl halides is 3. The molecular weight excluding hydrogens is 411 g/mol. The first-order valence-electron chi connectivity index (χ1n) is 8.22. The summed E-state index contributed by atoms with van der Waals surface area (Å²) in [5.74, 6) is -0.334. The van der Waals surface area contributed by atoms with Gasteiger partial charge >= 0.3 is 6.18 Å². The number of aromatic nitrogens is 7. The van der Waals surface area contributed by atoms with E-state index in [9.17, 15) is 21.6 Å². The summed E-state index contributed by atoms with van der Waals surface area (Å²) in [6.45, 7) is 1.46. The normalized spacial score (nSPS) is 12.6. The molecule has 0 spiro atoms. The predicted molar refractivity (Wildman–Crippen MR) is 93.9 cm³/mol. The molecule has 0 aliphatic heterocycles. The third kappa shape index (κ3) is 3.44. The first kappa shape index (κ1) is 19.0. The second kappa shape index (κ2) is 6.62. The van der Waals surface area contributed by atoms with Crippen molar-refractivity contribution in [3.05, 3.63) is 48.5 Å². The Hall–Kier alpha value is -3.35. The highest BCUT2D eigenvalue weighted by Gasteiger charge is 2.31. The first-order valence-corrected chi connectivity index (χ1v) is 9.88. The molecule has 150 valence electrons. The average Bonchev–Trinajstić information content (AvgIpc) is 3.36.